The molecule has 1 heterocycles. The number of hydrogen-bond acceptors (Lipinski definition) is 3. The summed E-state index contributed by atoms with van der Waals surface area (Å²) in [6.45, 7) is 5.41. The van der Waals surface area contributed by atoms with E-state index in [4.69, 9.17) is 9.47 Å². The molecule has 2 atom stereocenters. The standard InChI is InChI=1S/C10H16O3/c1-10(2)8(11)5-9(10)13-7-3-4-12-6-7/h7,9H,3-6H2,1-2H3. The van der Waals surface area contributed by atoms with Crippen LogP contribution >= 0.6 is 0 Å². The smallest absolute Gasteiger partial charge is 0.143 e. The van der Waals surface area contributed by atoms with Gasteiger partial charge < -0.3 is 9.47 Å². The van der Waals surface area contributed by atoms with Crippen molar-refractivity contribution in [1.29, 1.82) is 0 Å². The highest BCUT2D eigenvalue weighted by molar-refractivity contribution is 5.91. The van der Waals surface area contributed by atoms with Crippen molar-refractivity contribution in [2.75, 3.05) is 13.2 Å². The van der Waals surface area contributed by atoms with Crippen molar-refractivity contribution in [3.8, 4) is 0 Å². The lowest BCUT2D eigenvalue weighted by Gasteiger charge is -2.43. The van der Waals surface area contributed by atoms with Gasteiger partial charge in [0.25, 0.3) is 0 Å². The fourth-order valence-corrected chi connectivity index (χ4v) is 1.81. The first-order chi connectivity index (χ1) is 6.10. The van der Waals surface area contributed by atoms with E-state index >= 15 is 0 Å². The molecule has 3 heteroatoms. The average Bonchev–Trinajstić information content (AvgIpc) is 2.56. The van der Waals surface area contributed by atoms with E-state index < -0.39 is 0 Å². The second kappa shape index (κ2) is 3.07. The van der Waals surface area contributed by atoms with Crippen molar-refractivity contribution in [2.45, 2.75) is 38.9 Å². The van der Waals surface area contributed by atoms with Gasteiger partial charge in [-0.3, -0.25) is 4.79 Å². The molecule has 0 bridgehead atoms. The zero-order valence-corrected chi connectivity index (χ0v) is 8.21. The van der Waals surface area contributed by atoms with Crippen LogP contribution in [0, 0.1) is 5.41 Å². The van der Waals surface area contributed by atoms with Crippen LogP contribution in [0.3, 0.4) is 0 Å². The Balaban J connectivity index is 1.86. The third kappa shape index (κ3) is 1.51. The van der Waals surface area contributed by atoms with Gasteiger partial charge >= 0.3 is 0 Å². The quantitative estimate of drug-likeness (QED) is 0.646. The molecule has 3 nitrogen and oxygen atoms in total. The molecule has 0 amide bonds. The number of rotatable bonds is 2. The Hall–Kier alpha value is -0.410. The third-order valence-corrected chi connectivity index (χ3v) is 3.14. The van der Waals surface area contributed by atoms with Crippen molar-refractivity contribution in [3.05, 3.63) is 0 Å². The first kappa shape index (κ1) is 9.16. The van der Waals surface area contributed by atoms with Gasteiger partial charge in [-0.2, -0.15) is 0 Å². The Morgan fingerprint density at radius 2 is 2.31 bits per heavy atom. The van der Waals surface area contributed by atoms with Gasteiger partial charge in [0.15, 0.2) is 0 Å². The lowest BCUT2D eigenvalue weighted by molar-refractivity contribution is -0.165. The van der Waals surface area contributed by atoms with Crippen molar-refractivity contribution < 1.29 is 14.3 Å². The van der Waals surface area contributed by atoms with Crippen molar-refractivity contribution >= 4 is 5.78 Å². The van der Waals surface area contributed by atoms with E-state index in [1.165, 1.54) is 0 Å². The van der Waals surface area contributed by atoms with Crippen LogP contribution in [0.1, 0.15) is 26.7 Å². The molecule has 1 saturated heterocycles. The molecule has 2 rings (SSSR count). The van der Waals surface area contributed by atoms with Crippen molar-refractivity contribution in [1.82, 2.24) is 0 Å². The molecule has 1 aliphatic heterocycles. The van der Waals surface area contributed by atoms with E-state index in [0.29, 0.717) is 18.8 Å². The summed E-state index contributed by atoms with van der Waals surface area (Å²) in [5, 5.41) is 0. The Kier molecular flexibility index (Phi) is 2.16. The molecule has 74 valence electrons. The zero-order valence-electron chi connectivity index (χ0n) is 8.21. The van der Waals surface area contributed by atoms with E-state index in [1.807, 2.05) is 13.8 Å². The predicted molar refractivity (Wildman–Crippen MR) is 47.5 cm³/mol. The highest BCUT2D eigenvalue weighted by Crippen LogP contribution is 2.39. The van der Waals surface area contributed by atoms with Crippen LogP contribution in [-0.2, 0) is 14.3 Å². The monoisotopic (exact) mass is 184 g/mol. The number of Topliss-reactive ketones (excluding diaryl/α,β-unsaturated/α-hetero) is 1. The topological polar surface area (TPSA) is 35.5 Å². The Bertz CT molecular complexity index is 216. The summed E-state index contributed by atoms with van der Waals surface area (Å²) in [6, 6.07) is 0. The molecule has 0 N–H and O–H groups in total. The number of carbonyl (C=O) groups excluding carboxylic acids is 1. The molecular weight excluding hydrogens is 168 g/mol. The van der Waals surface area contributed by atoms with Crippen LogP contribution in [0.5, 0.6) is 0 Å². The van der Waals surface area contributed by atoms with E-state index in [-0.39, 0.29) is 17.6 Å². The molecule has 0 spiro atoms. The van der Waals surface area contributed by atoms with Gasteiger partial charge in [-0.05, 0) is 6.42 Å². The molecule has 2 aliphatic rings. The maximum absolute atomic E-state index is 11.2. The molecule has 13 heavy (non-hydrogen) atoms. The zero-order chi connectivity index (χ0) is 9.47. The van der Waals surface area contributed by atoms with Crippen LogP contribution in [0.25, 0.3) is 0 Å². The van der Waals surface area contributed by atoms with Crippen LogP contribution in [0.4, 0.5) is 0 Å². The first-order valence-electron chi connectivity index (χ1n) is 4.87. The average molecular weight is 184 g/mol. The van der Waals surface area contributed by atoms with Crippen molar-refractivity contribution in [2.24, 2.45) is 5.41 Å². The van der Waals surface area contributed by atoms with Gasteiger partial charge in [0, 0.05) is 13.0 Å². The molecule has 0 radical (unpaired) electrons. The van der Waals surface area contributed by atoms with E-state index in [9.17, 15) is 4.79 Å². The van der Waals surface area contributed by atoms with Gasteiger partial charge in [-0.15, -0.1) is 0 Å². The first-order valence-corrected chi connectivity index (χ1v) is 4.87. The van der Waals surface area contributed by atoms with Gasteiger partial charge in [-0.25, -0.2) is 0 Å². The Morgan fingerprint density at radius 3 is 2.77 bits per heavy atom. The Labute approximate surface area is 78.4 Å². The summed E-state index contributed by atoms with van der Waals surface area (Å²) in [4.78, 5) is 11.2. The van der Waals surface area contributed by atoms with Crippen LogP contribution in [-0.4, -0.2) is 31.2 Å². The lowest BCUT2D eigenvalue weighted by Crippen LogP contribution is -2.52. The van der Waals surface area contributed by atoms with Gasteiger partial charge in [0.05, 0.1) is 24.2 Å². The second-order valence-corrected chi connectivity index (χ2v) is 4.46. The summed E-state index contributed by atoms with van der Waals surface area (Å²) in [5.74, 6) is 0.316. The summed E-state index contributed by atoms with van der Waals surface area (Å²) in [5.41, 5.74) is -0.261. The highest BCUT2D eigenvalue weighted by Gasteiger charge is 2.49. The Morgan fingerprint density at radius 1 is 1.54 bits per heavy atom. The number of hydrogen-bond donors (Lipinski definition) is 0. The van der Waals surface area contributed by atoms with E-state index in [0.717, 1.165) is 13.0 Å². The molecule has 0 aromatic rings. The normalized spacial score (nSPS) is 37.5. The maximum atomic E-state index is 11.2. The summed E-state index contributed by atoms with van der Waals surface area (Å²) in [7, 11) is 0. The number of ketones is 1. The van der Waals surface area contributed by atoms with E-state index in [2.05, 4.69) is 0 Å². The van der Waals surface area contributed by atoms with Crippen LogP contribution < -0.4 is 0 Å². The van der Waals surface area contributed by atoms with E-state index in [1.54, 1.807) is 0 Å². The molecule has 2 unspecified atom stereocenters. The molecule has 1 aliphatic carbocycles. The molecule has 0 aromatic heterocycles. The minimum Gasteiger partial charge on any atom is -0.379 e. The minimum absolute atomic E-state index is 0.117. The molecular formula is C10H16O3. The minimum atomic E-state index is -0.261. The van der Waals surface area contributed by atoms with Gasteiger partial charge in [0.2, 0.25) is 0 Å². The SMILES string of the molecule is CC1(C)C(=O)CC1OC1CCOC1. The summed E-state index contributed by atoms with van der Waals surface area (Å²) < 4.78 is 11.0. The second-order valence-electron chi connectivity index (χ2n) is 4.46. The highest BCUT2D eigenvalue weighted by atomic mass is 16.6. The number of ether oxygens (including phenoxy) is 2. The third-order valence-electron chi connectivity index (χ3n) is 3.14. The molecule has 0 aromatic carbocycles. The largest absolute Gasteiger partial charge is 0.379 e. The fourth-order valence-electron chi connectivity index (χ4n) is 1.81. The maximum Gasteiger partial charge on any atom is 0.143 e. The van der Waals surface area contributed by atoms with Crippen molar-refractivity contribution in [3.63, 3.8) is 0 Å². The lowest BCUT2D eigenvalue weighted by atomic mass is 9.68. The summed E-state index contributed by atoms with van der Waals surface area (Å²) >= 11 is 0. The van der Waals surface area contributed by atoms with Gasteiger partial charge in [0.1, 0.15) is 5.78 Å². The predicted octanol–water partition coefficient (Wildman–Crippen LogP) is 1.16. The van der Waals surface area contributed by atoms with Crippen LogP contribution in [0.15, 0.2) is 0 Å². The summed E-state index contributed by atoms with van der Waals surface area (Å²) in [6.07, 6.45) is 1.90. The fraction of sp³-hybridized carbons (Fsp3) is 0.900. The van der Waals surface area contributed by atoms with Crippen LogP contribution in [0.2, 0.25) is 0 Å². The number of carbonyl (C=O) groups is 1. The molecule has 1 saturated carbocycles. The molecule has 2 fully saturated rings. The van der Waals surface area contributed by atoms with Gasteiger partial charge in [-0.1, -0.05) is 13.8 Å².